The van der Waals surface area contributed by atoms with Crippen molar-refractivity contribution in [2.45, 2.75) is 6.92 Å². The summed E-state index contributed by atoms with van der Waals surface area (Å²) in [5.74, 6) is 0.563. The monoisotopic (exact) mass is 372 g/mol. The molecule has 1 heterocycles. The van der Waals surface area contributed by atoms with Crippen LogP contribution in [0.15, 0.2) is 77.6 Å². The van der Waals surface area contributed by atoms with E-state index in [-0.39, 0.29) is 5.56 Å². The van der Waals surface area contributed by atoms with Gasteiger partial charge in [-0.2, -0.15) is 0 Å². The molecule has 4 aromatic rings. The SMILES string of the molecule is Cc1ccccc1-n1c(/C=C/c2ccccc2Cl)nc2ccccc2c1=O. The Morgan fingerprint density at radius 2 is 1.59 bits per heavy atom. The maximum absolute atomic E-state index is 13.2. The van der Waals surface area contributed by atoms with Gasteiger partial charge in [-0.1, -0.05) is 60.1 Å². The summed E-state index contributed by atoms with van der Waals surface area (Å²) in [5, 5.41) is 1.25. The van der Waals surface area contributed by atoms with E-state index in [4.69, 9.17) is 16.6 Å². The molecule has 27 heavy (non-hydrogen) atoms. The van der Waals surface area contributed by atoms with Crippen LogP contribution in [0, 0.1) is 6.92 Å². The van der Waals surface area contributed by atoms with Gasteiger partial charge in [-0.3, -0.25) is 9.36 Å². The molecule has 3 aromatic carbocycles. The summed E-state index contributed by atoms with van der Waals surface area (Å²) in [6, 6.07) is 22.8. The summed E-state index contributed by atoms with van der Waals surface area (Å²) in [4.78, 5) is 18.0. The van der Waals surface area contributed by atoms with E-state index in [1.165, 1.54) is 0 Å². The van der Waals surface area contributed by atoms with Gasteiger partial charge in [0.2, 0.25) is 0 Å². The van der Waals surface area contributed by atoms with E-state index in [9.17, 15) is 4.79 Å². The second kappa shape index (κ2) is 7.22. The van der Waals surface area contributed by atoms with Gasteiger partial charge >= 0.3 is 0 Å². The molecule has 0 aliphatic carbocycles. The van der Waals surface area contributed by atoms with Crippen LogP contribution in [-0.4, -0.2) is 9.55 Å². The van der Waals surface area contributed by atoms with Crippen LogP contribution in [0.25, 0.3) is 28.7 Å². The molecule has 0 saturated carbocycles. The predicted octanol–water partition coefficient (Wildman–Crippen LogP) is 5.52. The van der Waals surface area contributed by atoms with Crippen LogP contribution < -0.4 is 5.56 Å². The molecule has 0 aliphatic rings. The molecule has 0 N–H and O–H groups in total. The topological polar surface area (TPSA) is 34.9 Å². The molecular weight excluding hydrogens is 356 g/mol. The van der Waals surface area contributed by atoms with Crippen molar-refractivity contribution in [3.05, 3.63) is 105 Å². The fourth-order valence-electron chi connectivity index (χ4n) is 3.08. The lowest BCUT2D eigenvalue weighted by molar-refractivity contribution is 0.934. The Kier molecular flexibility index (Phi) is 4.61. The zero-order chi connectivity index (χ0) is 18.8. The van der Waals surface area contributed by atoms with E-state index in [0.29, 0.717) is 21.7 Å². The molecule has 4 rings (SSSR count). The molecule has 0 fully saturated rings. The van der Waals surface area contributed by atoms with Crippen molar-refractivity contribution in [2.75, 3.05) is 0 Å². The number of aryl methyl sites for hydroxylation is 1. The Labute approximate surface area is 162 Å². The number of para-hydroxylation sites is 2. The second-order valence-electron chi connectivity index (χ2n) is 6.27. The Morgan fingerprint density at radius 1 is 0.889 bits per heavy atom. The Balaban J connectivity index is 1.99. The van der Waals surface area contributed by atoms with Crippen LogP contribution in [0.2, 0.25) is 5.02 Å². The van der Waals surface area contributed by atoms with Crippen molar-refractivity contribution in [3.63, 3.8) is 0 Å². The van der Waals surface area contributed by atoms with Crippen molar-refractivity contribution >= 4 is 34.7 Å². The molecule has 0 radical (unpaired) electrons. The molecule has 1 aromatic heterocycles. The van der Waals surface area contributed by atoms with Crippen LogP contribution in [0.4, 0.5) is 0 Å². The van der Waals surface area contributed by atoms with Crippen molar-refractivity contribution in [3.8, 4) is 5.69 Å². The van der Waals surface area contributed by atoms with Crippen LogP contribution >= 0.6 is 11.6 Å². The van der Waals surface area contributed by atoms with Gasteiger partial charge in [0.15, 0.2) is 0 Å². The highest BCUT2D eigenvalue weighted by Gasteiger charge is 2.12. The highest BCUT2D eigenvalue weighted by Crippen LogP contribution is 2.20. The standard InChI is InChI=1S/C23H17ClN2O/c1-16-8-2-7-13-21(16)26-22(15-14-17-9-3-5-11-19(17)24)25-20-12-6-4-10-18(20)23(26)27/h2-15H,1H3/b15-14+. The fraction of sp³-hybridized carbons (Fsp3) is 0.0435. The number of fused-ring (bicyclic) bond motifs is 1. The number of aromatic nitrogens is 2. The van der Waals surface area contributed by atoms with Gasteiger partial charge in [0.1, 0.15) is 5.82 Å². The minimum atomic E-state index is -0.0892. The lowest BCUT2D eigenvalue weighted by Crippen LogP contribution is -2.23. The average molecular weight is 373 g/mol. The summed E-state index contributed by atoms with van der Waals surface area (Å²) in [6.07, 6.45) is 3.72. The average Bonchev–Trinajstić information content (AvgIpc) is 2.68. The number of halogens is 1. The van der Waals surface area contributed by atoms with E-state index >= 15 is 0 Å². The van der Waals surface area contributed by atoms with Crippen LogP contribution in [-0.2, 0) is 0 Å². The molecular formula is C23H17ClN2O. The first-order valence-corrected chi connectivity index (χ1v) is 9.03. The molecule has 0 bridgehead atoms. The van der Waals surface area contributed by atoms with Crippen molar-refractivity contribution in [1.29, 1.82) is 0 Å². The van der Waals surface area contributed by atoms with E-state index in [1.54, 1.807) is 10.6 Å². The van der Waals surface area contributed by atoms with Crippen LogP contribution in [0.1, 0.15) is 17.0 Å². The van der Waals surface area contributed by atoms with Gasteiger partial charge in [0, 0.05) is 5.02 Å². The zero-order valence-electron chi connectivity index (χ0n) is 14.8. The summed E-state index contributed by atoms with van der Waals surface area (Å²) in [6.45, 7) is 1.98. The van der Waals surface area contributed by atoms with Crippen LogP contribution in [0.3, 0.4) is 0 Å². The number of benzene rings is 3. The molecule has 0 aliphatic heterocycles. The van der Waals surface area contributed by atoms with Gasteiger partial charge in [0.05, 0.1) is 16.6 Å². The van der Waals surface area contributed by atoms with E-state index in [0.717, 1.165) is 16.8 Å². The molecule has 0 unspecified atom stereocenters. The normalized spacial score (nSPS) is 11.3. The lowest BCUT2D eigenvalue weighted by atomic mass is 10.1. The third kappa shape index (κ3) is 3.29. The van der Waals surface area contributed by atoms with E-state index in [2.05, 4.69) is 0 Å². The maximum Gasteiger partial charge on any atom is 0.266 e. The summed E-state index contributed by atoms with van der Waals surface area (Å²) in [5.41, 5.74) is 3.28. The fourth-order valence-corrected chi connectivity index (χ4v) is 3.28. The maximum atomic E-state index is 13.2. The van der Waals surface area contributed by atoms with Gasteiger partial charge in [-0.25, -0.2) is 4.98 Å². The van der Waals surface area contributed by atoms with Crippen molar-refractivity contribution in [2.24, 2.45) is 0 Å². The summed E-state index contributed by atoms with van der Waals surface area (Å²) < 4.78 is 1.66. The van der Waals surface area contributed by atoms with Crippen molar-refractivity contribution in [1.82, 2.24) is 9.55 Å². The Morgan fingerprint density at radius 3 is 2.41 bits per heavy atom. The highest BCUT2D eigenvalue weighted by atomic mass is 35.5. The molecule has 4 heteroatoms. The number of hydrogen-bond acceptors (Lipinski definition) is 2. The van der Waals surface area contributed by atoms with Gasteiger partial charge in [-0.15, -0.1) is 0 Å². The largest absolute Gasteiger partial charge is 0.268 e. The number of rotatable bonds is 3. The first-order chi connectivity index (χ1) is 13.1. The molecule has 0 amide bonds. The van der Waals surface area contributed by atoms with Crippen LogP contribution in [0.5, 0.6) is 0 Å². The second-order valence-corrected chi connectivity index (χ2v) is 6.68. The van der Waals surface area contributed by atoms with Gasteiger partial charge in [-0.05, 0) is 54.5 Å². The first kappa shape index (κ1) is 17.3. The van der Waals surface area contributed by atoms with Gasteiger partial charge in [0.25, 0.3) is 5.56 Å². The van der Waals surface area contributed by atoms with Gasteiger partial charge < -0.3 is 0 Å². The minimum Gasteiger partial charge on any atom is -0.268 e. The minimum absolute atomic E-state index is 0.0892. The van der Waals surface area contributed by atoms with Crippen molar-refractivity contribution < 1.29 is 0 Å². The summed E-state index contributed by atoms with van der Waals surface area (Å²) >= 11 is 6.26. The molecule has 3 nitrogen and oxygen atoms in total. The smallest absolute Gasteiger partial charge is 0.266 e. The number of hydrogen-bond donors (Lipinski definition) is 0. The Bertz CT molecular complexity index is 1220. The highest BCUT2D eigenvalue weighted by molar-refractivity contribution is 6.32. The zero-order valence-corrected chi connectivity index (χ0v) is 15.5. The first-order valence-electron chi connectivity index (χ1n) is 8.65. The lowest BCUT2D eigenvalue weighted by Gasteiger charge is -2.13. The number of nitrogens with zero attached hydrogens (tertiary/aromatic N) is 2. The summed E-state index contributed by atoms with van der Waals surface area (Å²) in [7, 11) is 0. The molecule has 0 spiro atoms. The molecule has 0 atom stereocenters. The molecule has 0 saturated heterocycles. The quantitative estimate of drug-likeness (QED) is 0.474. The third-order valence-electron chi connectivity index (χ3n) is 4.48. The van der Waals surface area contributed by atoms with E-state index in [1.807, 2.05) is 85.8 Å². The Hall–Kier alpha value is -3.17. The predicted molar refractivity (Wildman–Crippen MR) is 112 cm³/mol. The van der Waals surface area contributed by atoms with E-state index < -0.39 is 0 Å². The molecule has 132 valence electrons. The third-order valence-corrected chi connectivity index (χ3v) is 4.82.